The fourth-order valence-corrected chi connectivity index (χ4v) is 1.72. The molecule has 0 aromatic heterocycles. The largest absolute Gasteiger partial charge is 0.381 e. The Hall–Kier alpha value is -0.0800. The van der Waals surface area contributed by atoms with Gasteiger partial charge in [-0.15, -0.1) is 0 Å². The highest BCUT2D eigenvalue weighted by atomic mass is 16.5. The molecule has 0 radical (unpaired) electrons. The molecule has 0 atom stereocenters. The first-order valence-electron chi connectivity index (χ1n) is 6.43. The van der Waals surface area contributed by atoms with Crippen LogP contribution in [0.1, 0.15) is 46.5 Å². The van der Waals surface area contributed by atoms with Crippen LogP contribution in [0, 0.1) is 5.92 Å². The highest BCUT2D eigenvalue weighted by molar-refractivity contribution is 4.54. The van der Waals surface area contributed by atoms with Crippen LogP contribution < -0.4 is 0 Å². The molecule has 0 bridgehead atoms. The first-order valence-corrected chi connectivity index (χ1v) is 6.43. The molecule has 0 aliphatic heterocycles. The Morgan fingerprint density at radius 1 is 1.07 bits per heavy atom. The summed E-state index contributed by atoms with van der Waals surface area (Å²) in [7, 11) is 2.22. The standard InChI is InChI=1S/C13H29NO/c1-5-10-15-11-8-6-7-9-14(4)12-13(2)3/h13H,5-12H2,1-4H3. The molecule has 0 spiro atoms. The lowest BCUT2D eigenvalue weighted by molar-refractivity contribution is 0.129. The molecule has 0 heterocycles. The van der Waals surface area contributed by atoms with Gasteiger partial charge in [-0.25, -0.2) is 0 Å². The lowest BCUT2D eigenvalue weighted by atomic mass is 10.2. The molecule has 0 aromatic rings. The average Bonchev–Trinajstić information content (AvgIpc) is 2.15. The van der Waals surface area contributed by atoms with Crippen molar-refractivity contribution in [2.75, 3.05) is 33.4 Å². The predicted molar refractivity (Wildman–Crippen MR) is 67.3 cm³/mol. The Morgan fingerprint density at radius 2 is 1.80 bits per heavy atom. The molecule has 0 saturated carbocycles. The van der Waals surface area contributed by atoms with Crippen molar-refractivity contribution in [2.45, 2.75) is 46.5 Å². The number of rotatable bonds is 10. The number of ether oxygens (including phenoxy) is 1. The second-order valence-electron chi connectivity index (χ2n) is 4.83. The first kappa shape index (κ1) is 14.9. The summed E-state index contributed by atoms with van der Waals surface area (Å²) in [5.74, 6) is 0.780. The lowest BCUT2D eigenvalue weighted by Gasteiger charge is -2.18. The maximum absolute atomic E-state index is 5.44. The molecule has 0 fully saturated rings. The molecule has 0 aliphatic carbocycles. The maximum Gasteiger partial charge on any atom is 0.0466 e. The molecule has 0 N–H and O–H groups in total. The Labute approximate surface area is 96.0 Å². The molecule has 92 valence electrons. The van der Waals surface area contributed by atoms with E-state index in [1.54, 1.807) is 0 Å². The van der Waals surface area contributed by atoms with Gasteiger partial charge in [-0.05, 0) is 45.2 Å². The molecule has 2 heteroatoms. The van der Waals surface area contributed by atoms with Crippen LogP contribution in [-0.2, 0) is 4.74 Å². The summed E-state index contributed by atoms with van der Waals surface area (Å²) in [5.41, 5.74) is 0. The molecule has 0 unspecified atom stereocenters. The first-order chi connectivity index (χ1) is 7.16. The zero-order chi connectivity index (χ0) is 11.5. The van der Waals surface area contributed by atoms with Gasteiger partial charge in [0.2, 0.25) is 0 Å². The summed E-state index contributed by atoms with van der Waals surface area (Å²) in [6.07, 6.45) is 4.96. The van der Waals surface area contributed by atoms with Crippen LogP contribution in [0.15, 0.2) is 0 Å². The van der Waals surface area contributed by atoms with Crippen LogP contribution in [-0.4, -0.2) is 38.3 Å². The number of hydrogen-bond donors (Lipinski definition) is 0. The van der Waals surface area contributed by atoms with Gasteiger partial charge in [-0.1, -0.05) is 20.8 Å². The fraction of sp³-hybridized carbons (Fsp3) is 1.00. The Morgan fingerprint density at radius 3 is 2.40 bits per heavy atom. The second kappa shape index (κ2) is 10.4. The van der Waals surface area contributed by atoms with Crippen molar-refractivity contribution in [3.8, 4) is 0 Å². The minimum atomic E-state index is 0.780. The SMILES string of the molecule is CCCOCCCCCN(C)CC(C)C. The van der Waals surface area contributed by atoms with Gasteiger partial charge in [0.05, 0.1) is 0 Å². The van der Waals surface area contributed by atoms with E-state index in [1.807, 2.05) is 0 Å². The smallest absolute Gasteiger partial charge is 0.0466 e. The van der Waals surface area contributed by atoms with E-state index in [9.17, 15) is 0 Å². The van der Waals surface area contributed by atoms with Crippen molar-refractivity contribution in [3.63, 3.8) is 0 Å². The third-order valence-electron chi connectivity index (χ3n) is 2.35. The average molecular weight is 215 g/mol. The maximum atomic E-state index is 5.44. The molecule has 0 rings (SSSR count). The van der Waals surface area contributed by atoms with E-state index in [1.165, 1.54) is 32.4 Å². The molecule has 0 aliphatic rings. The lowest BCUT2D eigenvalue weighted by Crippen LogP contribution is -2.24. The quantitative estimate of drug-likeness (QED) is 0.519. The molecular weight excluding hydrogens is 186 g/mol. The fourth-order valence-electron chi connectivity index (χ4n) is 1.72. The Kier molecular flexibility index (Phi) is 10.4. The van der Waals surface area contributed by atoms with Crippen molar-refractivity contribution < 1.29 is 4.74 Å². The van der Waals surface area contributed by atoms with E-state index in [4.69, 9.17) is 4.74 Å². The van der Waals surface area contributed by atoms with Crippen molar-refractivity contribution in [2.24, 2.45) is 5.92 Å². The zero-order valence-corrected chi connectivity index (χ0v) is 11.1. The van der Waals surface area contributed by atoms with Crippen LogP contribution >= 0.6 is 0 Å². The van der Waals surface area contributed by atoms with Crippen LogP contribution in [0.5, 0.6) is 0 Å². The molecule has 0 saturated heterocycles. The summed E-state index contributed by atoms with van der Waals surface area (Å²) in [5, 5.41) is 0. The summed E-state index contributed by atoms with van der Waals surface area (Å²) in [6, 6.07) is 0. The second-order valence-corrected chi connectivity index (χ2v) is 4.83. The van der Waals surface area contributed by atoms with E-state index < -0.39 is 0 Å². The van der Waals surface area contributed by atoms with E-state index in [0.29, 0.717) is 0 Å². The number of nitrogens with zero attached hydrogens (tertiary/aromatic N) is 1. The Bertz CT molecular complexity index is 126. The monoisotopic (exact) mass is 215 g/mol. The van der Waals surface area contributed by atoms with Gasteiger partial charge in [-0.3, -0.25) is 0 Å². The van der Waals surface area contributed by atoms with E-state index in [-0.39, 0.29) is 0 Å². The summed E-state index contributed by atoms with van der Waals surface area (Å²) < 4.78 is 5.44. The minimum absolute atomic E-state index is 0.780. The van der Waals surface area contributed by atoms with Crippen molar-refractivity contribution in [3.05, 3.63) is 0 Å². The van der Waals surface area contributed by atoms with Gasteiger partial charge in [0.15, 0.2) is 0 Å². The van der Waals surface area contributed by atoms with Crippen molar-refractivity contribution >= 4 is 0 Å². The molecule has 2 nitrogen and oxygen atoms in total. The third kappa shape index (κ3) is 11.8. The van der Waals surface area contributed by atoms with Gasteiger partial charge in [0, 0.05) is 19.8 Å². The van der Waals surface area contributed by atoms with Crippen molar-refractivity contribution in [1.82, 2.24) is 4.90 Å². The van der Waals surface area contributed by atoms with Crippen LogP contribution in [0.4, 0.5) is 0 Å². The summed E-state index contributed by atoms with van der Waals surface area (Å²) in [4.78, 5) is 2.43. The van der Waals surface area contributed by atoms with Crippen LogP contribution in [0.3, 0.4) is 0 Å². The van der Waals surface area contributed by atoms with Gasteiger partial charge < -0.3 is 9.64 Å². The van der Waals surface area contributed by atoms with E-state index in [0.717, 1.165) is 25.6 Å². The van der Waals surface area contributed by atoms with Gasteiger partial charge in [0.1, 0.15) is 0 Å². The summed E-state index contributed by atoms with van der Waals surface area (Å²) >= 11 is 0. The zero-order valence-electron chi connectivity index (χ0n) is 11.1. The van der Waals surface area contributed by atoms with Gasteiger partial charge in [-0.2, -0.15) is 0 Å². The molecule has 0 amide bonds. The Balaban J connectivity index is 3.09. The van der Waals surface area contributed by atoms with Crippen molar-refractivity contribution in [1.29, 1.82) is 0 Å². The van der Waals surface area contributed by atoms with Crippen LogP contribution in [0.25, 0.3) is 0 Å². The minimum Gasteiger partial charge on any atom is -0.381 e. The molecule has 15 heavy (non-hydrogen) atoms. The summed E-state index contributed by atoms with van der Waals surface area (Å²) in [6.45, 7) is 11.0. The number of hydrogen-bond acceptors (Lipinski definition) is 2. The number of unbranched alkanes of at least 4 members (excludes halogenated alkanes) is 2. The van der Waals surface area contributed by atoms with Gasteiger partial charge >= 0.3 is 0 Å². The molecular formula is C13H29NO. The molecule has 0 aromatic carbocycles. The highest BCUT2D eigenvalue weighted by Crippen LogP contribution is 2.01. The van der Waals surface area contributed by atoms with Crippen LogP contribution in [0.2, 0.25) is 0 Å². The van der Waals surface area contributed by atoms with E-state index in [2.05, 4.69) is 32.7 Å². The third-order valence-corrected chi connectivity index (χ3v) is 2.35. The van der Waals surface area contributed by atoms with E-state index >= 15 is 0 Å². The van der Waals surface area contributed by atoms with Gasteiger partial charge in [0.25, 0.3) is 0 Å². The normalized spacial score (nSPS) is 11.6. The highest BCUT2D eigenvalue weighted by Gasteiger charge is 2.00. The predicted octanol–water partition coefficient (Wildman–Crippen LogP) is 3.17. The topological polar surface area (TPSA) is 12.5 Å².